The standard InChI is InChI=1S/C30H31F3N10O4/c1-45-28-38-12-19(13-39-28)18-10-36-27(37-11-18)43(29(44)40-14-21-4-2-3-9-34-21)22-7-5-20(6-8-22)41-26-35-15-24(30(31,32)33)25(42-26)47-23-16-46-17-23/h2-4,9-13,15,20,22-23H,5-8,14,16-17H2,1H3,(H,40,44)(H,35,41,42). The fourth-order valence-corrected chi connectivity index (χ4v) is 5.16. The van der Waals surface area contributed by atoms with E-state index in [9.17, 15) is 18.0 Å². The zero-order valence-electron chi connectivity index (χ0n) is 25.2. The van der Waals surface area contributed by atoms with Crippen LogP contribution < -0.4 is 25.0 Å². The third-order valence-corrected chi connectivity index (χ3v) is 7.70. The van der Waals surface area contributed by atoms with Gasteiger partial charge in [0.05, 0.1) is 32.6 Å². The predicted molar refractivity (Wildman–Crippen MR) is 160 cm³/mol. The lowest BCUT2D eigenvalue weighted by molar-refractivity contribution is -0.142. The summed E-state index contributed by atoms with van der Waals surface area (Å²) in [5.74, 6) is -0.288. The molecule has 2 N–H and O–H groups in total. The number of halogens is 3. The van der Waals surface area contributed by atoms with E-state index in [-0.39, 0.29) is 55.8 Å². The summed E-state index contributed by atoms with van der Waals surface area (Å²) in [5, 5.41) is 6.05. The summed E-state index contributed by atoms with van der Waals surface area (Å²) >= 11 is 0. The van der Waals surface area contributed by atoms with Gasteiger partial charge in [-0.25, -0.2) is 29.7 Å². The molecule has 0 unspecified atom stereocenters. The van der Waals surface area contributed by atoms with Crippen LogP contribution in [-0.4, -0.2) is 79.4 Å². The van der Waals surface area contributed by atoms with Crippen molar-refractivity contribution in [3.63, 3.8) is 0 Å². The highest BCUT2D eigenvalue weighted by atomic mass is 19.4. The van der Waals surface area contributed by atoms with Crippen molar-refractivity contribution in [2.24, 2.45) is 0 Å². The Morgan fingerprint density at radius 1 is 0.957 bits per heavy atom. The number of carbonyl (C=O) groups excluding carboxylic acids is 1. The number of aromatic nitrogens is 7. The Morgan fingerprint density at radius 2 is 1.66 bits per heavy atom. The number of carbonyl (C=O) groups is 1. The number of urea groups is 1. The monoisotopic (exact) mass is 652 g/mol. The van der Waals surface area contributed by atoms with E-state index in [1.54, 1.807) is 37.1 Å². The van der Waals surface area contributed by atoms with Crippen LogP contribution in [0.4, 0.5) is 29.9 Å². The second-order valence-corrected chi connectivity index (χ2v) is 10.9. The fraction of sp³-hybridized carbons (Fsp3) is 0.400. The summed E-state index contributed by atoms with van der Waals surface area (Å²) in [6.07, 6.45) is 5.83. The topological polar surface area (TPSA) is 162 Å². The summed E-state index contributed by atoms with van der Waals surface area (Å²) in [7, 11) is 1.48. The molecule has 2 aliphatic rings. The Hall–Kier alpha value is -5.19. The van der Waals surface area contributed by atoms with Crippen LogP contribution >= 0.6 is 0 Å². The van der Waals surface area contributed by atoms with Crippen molar-refractivity contribution < 1.29 is 32.2 Å². The largest absolute Gasteiger partial charge is 0.469 e. The number of hydrogen-bond donors (Lipinski definition) is 2. The van der Waals surface area contributed by atoms with E-state index in [2.05, 4.69) is 45.5 Å². The van der Waals surface area contributed by atoms with Gasteiger partial charge >= 0.3 is 18.2 Å². The highest BCUT2D eigenvalue weighted by Crippen LogP contribution is 2.36. The molecule has 0 bridgehead atoms. The molecule has 1 aliphatic carbocycles. The summed E-state index contributed by atoms with van der Waals surface area (Å²) in [6.45, 7) is 0.599. The molecule has 6 rings (SSSR count). The van der Waals surface area contributed by atoms with Crippen molar-refractivity contribution >= 4 is 17.9 Å². The maximum Gasteiger partial charge on any atom is 0.423 e. The van der Waals surface area contributed by atoms with E-state index in [0.717, 1.165) is 6.20 Å². The number of ether oxygens (including phenoxy) is 3. The van der Waals surface area contributed by atoms with E-state index in [1.807, 2.05) is 12.1 Å². The van der Waals surface area contributed by atoms with Gasteiger partial charge in [-0.05, 0) is 37.8 Å². The minimum atomic E-state index is -4.67. The van der Waals surface area contributed by atoms with Crippen molar-refractivity contribution in [2.45, 2.75) is 56.6 Å². The molecule has 1 aliphatic heterocycles. The highest BCUT2D eigenvalue weighted by Gasteiger charge is 2.38. The lowest BCUT2D eigenvalue weighted by Crippen LogP contribution is -2.49. The average molecular weight is 653 g/mol. The number of rotatable bonds is 10. The number of alkyl halides is 3. The zero-order chi connectivity index (χ0) is 32.8. The number of methoxy groups -OCH3 is 1. The summed E-state index contributed by atoms with van der Waals surface area (Å²) < 4.78 is 56.1. The predicted octanol–water partition coefficient (Wildman–Crippen LogP) is 4.06. The number of nitrogens with one attached hydrogen (secondary N) is 2. The van der Waals surface area contributed by atoms with Gasteiger partial charge in [0.1, 0.15) is 11.7 Å². The molecule has 0 aromatic carbocycles. The Bertz CT molecular complexity index is 1640. The van der Waals surface area contributed by atoms with Crippen LogP contribution in [0, 0.1) is 0 Å². The van der Waals surface area contributed by atoms with E-state index < -0.39 is 23.7 Å². The van der Waals surface area contributed by atoms with Crippen LogP contribution in [0.2, 0.25) is 0 Å². The van der Waals surface area contributed by atoms with Crippen molar-refractivity contribution in [2.75, 3.05) is 30.5 Å². The minimum Gasteiger partial charge on any atom is -0.469 e. The second kappa shape index (κ2) is 14.1. The molecular weight excluding hydrogens is 621 g/mol. The smallest absolute Gasteiger partial charge is 0.423 e. The summed E-state index contributed by atoms with van der Waals surface area (Å²) in [5.41, 5.74) is 0.976. The normalized spacial score (nSPS) is 18.1. The van der Waals surface area contributed by atoms with Crippen LogP contribution in [0.3, 0.4) is 0 Å². The Balaban J connectivity index is 1.15. The first-order valence-electron chi connectivity index (χ1n) is 14.9. The molecule has 2 amide bonds. The lowest BCUT2D eigenvalue weighted by Gasteiger charge is -2.36. The van der Waals surface area contributed by atoms with Crippen LogP contribution in [0.1, 0.15) is 36.9 Å². The molecule has 0 spiro atoms. The molecule has 4 aromatic rings. The molecule has 1 saturated heterocycles. The van der Waals surface area contributed by atoms with E-state index in [1.165, 1.54) is 12.0 Å². The Kier molecular flexibility index (Phi) is 9.51. The van der Waals surface area contributed by atoms with Crippen molar-refractivity contribution in [3.05, 3.63) is 66.6 Å². The molecule has 0 radical (unpaired) electrons. The number of nitrogens with zero attached hydrogens (tertiary/aromatic N) is 8. The molecule has 47 heavy (non-hydrogen) atoms. The van der Waals surface area contributed by atoms with E-state index in [0.29, 0.717) is 42.5 Å². The van der Waals surface area contributed by atoms with Crippen LogP contribution in [-0.2, 0) is 17.5 Å². The molecule has 1 saturated carbocycles. The first-order valence-corrected chi connectivity index (χ1v) is 14.9. The molecule has 17 heteroatoms. The fourth-order valence-electron chi connectivity index (χ4n) is 5.16. The summed E-state index contributed by atoms with van der Waals surface area (Å²) in [4.78, 5) is 44.6. The molecule has 0 atom stereocenters. The molecule has 2 fully saturated rings. The average Bonchev–Trinajstić information content (AvgIpc) is 3.07. The molecule has 246 valence electrons. The second-order valence-electron chi connectivity index (χ2n) is 10.9. The third kappa shape index (κ3) is 7.79. The SMILES string of the molecule is COc1ncc(-c2cnc(N(C(=O)NCc3ccccn3)C3CCC(Nc4ncc(C(F)(F)F)c(OC5COC5)n4)CC3)nc2)cn1. The molecule has 14 nitrogen and oxygen atoms in total. The van der Waals surface area contributed by atoms with E-state index >= 15 is 0 Å². The minimum absolute atomic E-state index is 0.0306. The van der Waals surface area contributed by atoms with Gasteiger partial charge in [-0.2, -0.15) is 18.2 Å². The highest BCUT2D eigenvalue weighted by molar-refractivity contribution is 5.90. The van der Waals surface area contributed by atoms with E-state index in [4.69, 9.17) is 14.2 Å². The number of pyridine rings is 1. The van der Waals surface area contributed by atoms with Gasteiger partial charge in [0.25, 0.3) is 0 Å². The first-order chi connectivity index (χ1) is 22.8. The Labute approximate surface area is 267 Å². The first kappa shape index (κ1) is 31.8. The molecular formula is C30H31F3N10O4. The van der Waals surface area contributed by atoms with Crippen molar-refractivity contribution in [3.8, 4) is 23.0 Å². The molecule has 4 aromatic heterocycles. The van der Waals surface area contributed by atoms with Gasteiger partial charge in [0.15, 0.2) is 0 Å². The van der Waals surface area contributed by atoms with Crippen LogP contribution in [0.15, 0.2) is 55.4 Å². The summed E-state index contributed by atoms with van der Waals surface area (Å²) in [6, 6.07) is 4.86. The van der Waals surface area contributed by atoms with Gasteiger partial charge in [-0.15, -0.1) is 0 Å². The van der Waals surface area contributed by atoms with Crippen molar-refractivity contribution in [1.82, 2.24) is 40.2 Å². The number of anilines is 2. The van der Waals surface area contributed by atoms with Gasteiger partial charge in [0.2, 0.25) is 17.8 Å². The maximum atomic E-state index is 13.6. The van der Waals surface area contributed by atoms with Gasteiger partial charge in [-0.3, -0.25) is 9.88 Å². The Morgan fingerprint density at radius 3 is 2.26 bits per heavy atom. The van der Waals surface area contributed by atoms with Gasteiger partial charge < -0.3 is 24.8 Å². The number of amides is 2. The number of hydrogen-bond acceptors (Lipinski definition) is 12. The third-order valence-electron chi connectivity index (χ3n) is 7.70. The van der Waals surface area contributed by atoms with Gasteiger partial charge in [-0.1, -0.05) is 6.07 Å². The maximum absolute atomic E-state index is 13.6. The van der Waals surface area contributed by atoms with Crippen LogP contribution in [0.5, 0.6) is 11.9 Å². The van der Waals surface area contributed by atoms with Crippen molar-refractivity contribution in [1.29, 1.82) is 0 Å². The zero-order valence-corrected chi connectivity index (χ0v) is 25.2. The lowest BCUT2D eigenvalue weighted by atomic mass is 9.90. The van der Waals surface area contributed by atoms with Gasteiger partial charge in [0, 0.05) is 60.4 Å². The molecule has 5 heterocycles. The quantitative estimate of drug-likeness (QED) is 0.253. The van der Waals surface area contributed by atoms with Crippen LogP contribution in [0.25, 0.3) is 11.1 Å².